The Hall–Kier alpha value is -1.71. The van der Waals surface area contributed by atoms with E-state index in [1.807, 2.05) is 12.3 Å². The highest BCUT2D eigenvalue weighted by Crippen LogP contribution is 2.31. The van der Waals surface area contributed by atoms with Gasteiger partial charge in [-0.1, -0.05) is 19.8 Å². The lowest BCUT2D eigenvalue weighted by Gasteiger charge is -2.24. The number of benzene rings is 1. The number of nitrogens with zero attached hydrogens (tertiary/aromatic N) is 2. The number of hydrogen-bond donors (Lipinski definition) is 2. The lowest BCUT2D eigenvalue weighted by molar-refractivity contribution is 0.435. The van der Waals surface area contributed by atoms with Gasteiger partial charge < -0.3 is 10.6 Å². The average molecular weight is 272 g/mol. The van der Waals surface area contributed by atoms with E-state index in [1.54, 1.807) is 0 Å². The standard InChI is InChI=1S/C16H24N4/c1-2-4-12-5-3-7-20(8-6-12)16-10-15-13(9-14(16)17)11-18-19-15/h9-12H,2-8,17H2,1H3,(H,18,19). The molecule has 1 atom stereocenters. The van der Waals surface area contributed by atoms with Crippen LogP contribution in [0.5, 0.6) is 0 Å². The molecule has 1 fully saturated rings. The predicted octanol–water partition coefficient (Wildman–Crippen LogP) is 3.55. The lowest BCUT2D eigenvalue weighted by Crippen LogP contribution is -2.25. The van der Waals surface area contributed by atoms with Gasteiger partial charge in [0.15, 0.2) is 0 Å². The van der Waals surface area contributed by atoms with Crippen LogP contribution in [-0.4, -0.2) is 23.3 Å². The Morgan fingerprint density at radius 1 is 1.35 bits per heavy atom. The van der Waals surface area contributed by atoms with Crippen LogP contribution in [0.3, 0.4) is 0 Å². The molecule has 1 aromatic heterocycles. The summed E-state index contributed by atoms with van der Waals surface area (Å²) in [6.07, 6.45) is 8.40. The summed E-state index contributed by atoms with van der Waals surface area (Å²) in [5.41, 5.74) is 9.34. The first kappa shape index (κ1) is 13.3. The molecule has 1 saturated heterocycles. The van der Waals surface area contributed by atoms with Crippen LogP contribution in [-0.2, 0) is 0 Å². The predicted molar refractivity (Wildman–Crippen MR) is 85.0 cm³/mol. The number of nitrogen functional groups attached to an aromatic ring is 1. The molecule has 108 valence electrons. The molecule has 0 bridgehead atoms. The molecule has 0 saturated carbocycles. The first-order chi connectivity index (χ1) is 9.78. The number of rotatable bonds is 3. The van der Waals surface area contributed by atoms with Gasteiger partial charge in [0.1, 0.15) is 0 Å². The Kier molecular flexibility index (Phi) is 3.81. The number of H-pyrrole nitrogens is 1. The van der Waals surface area contributed by atoms with Crippen molar-refractivity contribution in [2.24, 2.45) is 5.92 Å². The molecule has 2 heterocycles. The number of anilines is 2. The first-order valence-corrected chi connectivity index (χ1v) is 7.75. The summed E-state index contributed by atoms with van der Waals surface area (Å²) in [6, 6.07) is 4.18. The number of hydrogen-bond acceptors (Lipinski definition) is 3. The summed E-state index contributed by atoms with van der Waals surface area (Å²) in [7, 11) is 0. The molecule has 1 aliphatic rings. The second-order valence-corrected chi connectivity index (χ2v) is 5.94. The number of nitrogens with one attached hydrogen (secondary N) is 1. The van der Waals surface area contributed by atoms with E-state index in [0.29, 0.717) is 0 Å². The molecule has 1 aliphatic heterocycles. The van der Waals surface area contributed by atoms with Crippen LogP contribution in [0.15, 0.2) is 18.3 Å². The van der Waals surface area contributed by atoms with Crippen molar-refractivity contribution in [1.29, 1.82) is 0 Å². The van der Waals surface area contributed by atoms with Crippen molar-refractivity contribution in [3.63, 3.8) is 0 Å². The number of aromatic nitrogens is 2. The van der Waals surface area contributed by atoms with Gasteiger partial charge >= 0.3 is 0 Å². The molecule has 4 nitrogen and oxygen atoms in total. The van der Waals surface area contributed by atoms with Crippen molar-refractivity contribution in [2.75, 3.05) is 23.7 Å². The Morgan fingerprint density at radius 3 is 3.10 bits per heavy atom. The highest BCUT2D eigenvalue weighted by atomic mass is 15.1. The van der Waals surface area contributed by atoms with E-state index in [2.05, 4.69) is 28.1 Å². The zero-order valence-corrected chi connectivity index (χ0v) is 12.2. The molecule has 0 aliphatic carbocycles. The van der Waals surface area contributed by atoms with E-state index >= 15 is 0 Å². The fourth-order valence-electron chi connectivity index (χ4n) is 3.37. The molecule has 3 N–H and O–H groups in total. The minimum absolute atomic E-state index is 0.868. The third kappa shape index (κ3) is 2.60. The normalized spacial score (nSPS) is 20.2. The van der Waals surface area contributed by atoms with Crippen LogP contribution in [0.25, 0.3) is 10.9 Å². The van der Waals surface area contributed by atoms with Crippen molar-refractivity contribution in [2.45, 2.75) is 39.0 Å². The second kappa shape index (κ2) is 5.73. The van der Waals surface area contributed by atoms with Crippen LogP contribution in [0.1, 0.15) is 39.0 Å². The van der Waals surface area contributed by atoms with Gasteiger partial charge in [0.05, 0.1) is 23.1 Å². The molecule has 3 rings (SSSR count). The molecule has 0 radical (unpaired) electrons. The largest absolute Gasteiger partial charge is 0.397 e. The molecular formula is C16H24N4. The Bertz CT molecular complexity index is 575. The zero-order valence-electron chi connectivity index (χ0n) is 12.2. The van der Waals surface area contributed by atoms with Gasteiger partial charge in [0, 0.05) is 18.5 Å². The molecular weight excluding hydrogens is 248 g/mol. The van der Waals surface area contributed by atoms with Crippen LogP contribution in [0.2, 0.25) is 0 Å². The molecule has 4 heteroatoms. The lowest BCUT2D eigenvalue weighted by atomic mass is 9.96. The van der Waals surface area contributed by atoms with Crippen molar-refractivity contribution in [3.05, 3.63) is 18.3 Å². The van der Waals surface area contributed by atoms with Gasteiger partial charge in [-0.15, -0.1) is 0 Å². The molecule has 1 aromatic carbocycles. The summed E-state index contributed by atoms with van der Waals surface area (Å²) in [4.78, 5) is 2.45. The van der Waals surface area contributed by atoms with E-state index in [1.165, 1.54) is 37.8 Å². The van der Waals surface area contributed by atoms with Crippen LogP contribution in [0, 0.1) is 5.92 Å². The van der Waals surface area contributed by atoms with Gasteiger partial charge in [-0.05, 0) is 37.3 Å². The van der Waals surface area contributed by atoms with E-state index < -0.39 is 0 Å². The Morgan fingerprint density at radius 2 is 2.25 bits per heavy atom. The van der Waals surface area contributed by atoms with E-state index in [-0.39, 0.29) is 0 Å². The maximum atomic E-state index is 6.24. The van der Waals surface area contributed by atoms with Gasteiger partial charge in [-0.25, -0.2) is 0 Å². The summed E-state index contributed by atoms with van der Waals surface area (Å²) in [5.74, 6) is 0.891. The van der Waals surface area contributed by atoms with Crippen molar-refractivity contribution < 1.29 is 0 Å². The summed E-state index contributed by atoms with van der Waals surface area (Å²) in [6.45, 7) is 4.52. The summed E-state index contributed by atoms with van der Waals surface area (Å²) < 4.78 is 0. The highest BCUT2D eigenvalue weighted by Gasteiger charge is 2.18. The maximum absolute atomic E-state index is 6.24. The quantitative estimate of drug-likeness (QED) is 0.840. The van der Waals surface area contributed by atoms with Crippen molar-refractivity contribution in [1.82, 2.24) is 10.2 Å². The first-order valence-electron chi connectivity index (χ1n) is 7.75. The van der Waals surface area contributed by atoms with E-state index in [9.17, 15) is 0 Å². The number of fused-ring (bicyclic) bond motifs is 1. The third-order valence-electron chi connectivity index (χ3n) is 4.47. The molecule has 20 heavy (non-hydrogen) atoms. The highest BCUT2D eigenvalue weighted by molar-refractivity contribution is 5.88. The molecule has 2 aromatic rings. The van der Waals surface area contributed by atoms with Gasteiger partial charge in [-0.2, -0.15) is 5.10 Å². The molecule has 1 unspecified atom stereocenters. The van der Waals surface area contributed by atoms with Crippen LogP contribution < -0.4 is 10.6 Å². The third-order valence-corrected chi connectivity index (χ3v) is 4.47. The van der Waals surface area contributed by atoms with Gasteiger partial charge in [0.2, 0.25) is 0 Å². The Labute approximate surface area is 120 Å². The minimum Gasteiger partial charge on any atom is -0.397 e. The maximum Gasteiger partial charge on any atom is 0.0672 e. The van der Waals surface area contributed by atoms with Crippen molar-refractivity contribution in [3.8, 4) is 0 Å². The fraction of sp³-hybridized carbons (Fsp3) is 0.562. The van der Waals surface area contributed by atoms with Gasteiger partial charge in [-0.3, -0.25) is 5.10 Å². The number of nitrogens with two attached hydrogens (primary N) is 1. The fourth-order valence-corrected chi connectivity index (χ4v) is 3.37. The average Bonchev–Trinajstić information content (AvgIpc) is 2.76. The molecule has 0 spiro atoms. The smallest absolute Gasteiger partial charge is 0.0672 e. The van der Waals surface area contributed by atoms with Crippen LogP contribution in [0.4, 0.5) is 11.4 Å². The van der Waals surface area contributed by atoms with Crippen molar-refractivity contribution >= 4 is 22.3 Å². The SMILES string of the molecule is CCCC1CCCN(c2cc3[nH]ncc3cc2N)CC1. The zero-order chi connectivity index (χ0) is 13.9. The van der Waals surface area contributed by atoms with E-state index in [0.717, 1.165) is 35.6 Å². The van der Waals surface area contributed by atoms with Crippen LogP contribution >= 0.6 is 0 Å². The van der Waals surface area contributed by atoms with E-state index in [4.69, 9.17) is 5.73 Å². The topological polar surface area (TPSA) is 57.9 Å². The summed E-state index contributed by atoms with van der Waals surface area (Å²) in [5, 5.41) is 8.21. The number of aromatic amines is 1. The summed E-state index contributed by atoms with van der Waals surface area (Å²) >= 11 is 0. The monoisotopic (exact) mass is 272 g/mol. The minimum atomic E-state index is 0.868. The van der Waals surface area contributed by atoms with Gasteiger partial charge in [0.25, 0.3) is 0 Å². The second-order valence-electron chi connectivity index (χ2n) is 5.94. The Balaban J connectivity index is 1.81. The molecule has 0 amide bonds.